The summed E-state index contributed by atoms with van der Waals surface area (Å²) in [5, 5.41) is 2.87. The molecule has 0 saturated heterocycles. The lowest BCUT2D eigenvalue weighted by atomic mass is 10.1. The Kier molecular flexibility index (Phi) is 4.10. The molecule has 4 nitrogen and oxygen atoms in total. The average molecular weight is 348 g/mol. The van der Waals surface area contributed by atoms with E-state index in [1.54, 1.807) is 6.07 Å². The molecule has 1 heterocycles. The zero-order chi connectivity index (χ0) is 14.7. The van der Waals surface area contributed by atoms with Crippen LogP contribution >= 0.6 is 15.9 Å². The van der Waals surface area contributed by atoms with Crippen LogP contribution in [0.15, 0.2) is 46.9 Å². The minimum atomic E-state index is -0.0611. The first-order chi connectivity index (χ1) is 10.2. The largest absolute Gasteiger partial charge is 0.486 e. The highest BCUT2D eigenvalue weighted by Gasteiger charge is 2.12. The molecule has 2 aromatic carbocycles. The lowest BCUT2D eigenvalue weighted by Crippen LogP contribution is -2.17. The first-order valence-corrected chi connectivity index (χ1v) is 7.44. The molecule has 2 aromatic rings. The van der Waals surface area contributed by atoms with Crippen molar-refractivity contribution in [3.8, 4) is 11.5 Å². The summed E-state index contributed by atoms with van der Waals surface area (Å²) in [5.74, 6) is 1.32. The number of hydrogen-bond acceptors (Lipinski definition) is 3. The average Bonchev–Trinajstić information content (AvgIpc) is 2.49. The second kappa shape index (κ2) is 6.18. The number of carbonyl (C=O) groups is 1. The predicted molar refractivity (Wildman–Crippen MR) is 83.9 cm³/mol. The van der Waals surface area contributed by atoms with Gasteiger partial charge >= 0.3 is 0 Å². The minimum absolute atomic E-state index is 0.0611. The maximum Gasteiger partial charge on any atom is 0.228 e. The normalized spacial score (nSPS) is 12.8. The zero-order valence-electron chi connectivity index (χ0n) is 11.3. The van der Waals surface area contributed by atoms with Crippen LogP contribution in [0.2, 0.25) is 0 Å². The van der Waals surface area contributed by atoms with Gasteiger partial charge in [-0.3, -0.25) is 4.79 Å². The van der Waals surface area contributed by atoms with Crippen molar-refractivity contribution < 1.29 is 14.3 Å². The van der Waals surface area contributed by atoms with E-state index in [-0.39, 0.29) is 5.91 Å². The number of hydrogen-bond donors (Lipinski definition) is 1. The Balaban J connectivity index is 1.65. The summed E-state index contributed by atoms with van der Waals surface area (Å²) in [6.07, 6.45) is 0.335. The van der Waals surface area contributed by atoms with E-state index < -0.39 is 0 Å². The third-order valence-corrected chi connectivity index (χ3v) is 3.63. The molecule has 108 valence electrons. The second-order valence-electron chi connectivity index (χ2n) is 4.71. The van der Waals surface area contributed by atoms with Crippen LogP contribution in [0.5, 0.6) is 11.5 Å². The predicted octanol–water partition coefficient (Wildman–Crippen LogP) is 3.40. The van der Waals surface area contributed by atoms with Crippen molar-refractivity contribution in [2.75, 3.05) is 18.5 Å². The van der Waals surface area contributed by atoms with Crippen molar-refractivity contribution in [3.05, 3.63) is 52.5 Å². The molecule has 5 heteroatoms. The van der Waals surface area contributed by atoms with E-state index >= 15 is 0 Å². The third-order valence-electron chi connectivity index (χ3n) is 3.10. The van der Waals surface area contributed by atoms with Gasteiger partial charge in [0.2, 0.25) is 5.91 Å². The quantitative estimate of drug-likeness (QED) is 0.925. The van der Waals surface area contributed by atoms with Gasteiger partial charge in [0.15, 0.2) is 11.5 Å². The summed E-state index contributed by atoms with van der Waals surface area (Å²) in [5.41, 5.74) is 1.68. The smallest absolute Gasteiger partial charge is 0.228 e. The van der Waals surface area contributed by atoms with Gasteiger partial charge in [-0.15, -0.1) is 0 Å². The number of ether oxygens (including phenoxy) is 2. The number of benzene rings is 2. The summed E-state index contributed by atoms with van der Waals surface area (Å²) in [4.78, 5) is 12.0. The molecule has 21 heavy (non-hydrogen) atoms. The Hall–Kier alpha value is -2.01. The monoisotopic (exact) mass is 347 g/mol. The lowest BCUT2D eigenvalue weighted by Gasteiger charge is -2.19. The fourth-order valence-corrected chi connectivity index (χ4v) is 2.38. The fourth-order valence-electron chi connectivity index (χ4n) is 2.11. The molecule has 1 amide bonds. The van der Waals surface area contributed by atoms with Crippen molar-refractivity contribution in [2.24, 2.45) is 0 Å². The number of amides is 1. The maximum absolute atomic E-state index is 12.0. The number of anilines is 1. The van der Waals surface area contributed by atoms with E-state index in [0.717, 1.165) is 10.0 Å². The lowest BCUT2D eigenvalue weighted by molar-refractivity contribution is -0.115. The molecule has 1 aliphatic rings. The Bertz CT molecular complexity index is 655. The first-order valence-electron chi connectivity index (χ1n) is 6.65. The van der Waals surface area contributed by atoms with Crippen molar-refractivity contribution in [2.45, 2.75) is 6.42 Å². The van der Waals surface area contributed by atoms with Crippen LogP contribution in [0.1, 0.15) is 5.56 Å². The van der Waals surface area contributed by atoms with Crippen molar-refractivity contribution in [1.29, 1.82) is 0 Å². The molecule has 0 aromatic heterocycles. The Morgan fingerprint density at radius 2 is 1.76 bits per heavy atom. The fraction of sp³-hybridized carbons (Fsp3) is 0.188. The van der Waals surface area contributed by atoms with Crippen molar-refractivity contribution >= 4 is 27.5 Å². The number of carbonyl (C=O) groups excluding carboxylic acids is 1. The molecule has 0 aliphatic carbocycles. The topological polar surface area (TPSA) is 47.6 Å². The molecule has 1 N–H and O–H groups in total. The number of halogens is 1. The van der Waals surface area contributed by atoms with Crippen LogP contribution in [0, 0.1) is 0 Å². The summed E-state index contributed by atoms with van der Waals surface area (Å²) in [7, 11) is 0. The zero-order valence-corrected chi connectivity index (χ0v) is 12.9. The Morgan fingerprint density at radius 1 is 1.05 bits per heavy atom. The van der Waals surface area contributed by atoms with E-state index in [1.165, 1.54) is 0 Å². The standard InChI is InChI=1S/C16H14BrNO3/c17-12-3-1-11(2-4-12)9-16(19)18-13-5-6-14-15(10-13)21-8-7-20-14/h1-6,10H,7-9H2,(H,18,19). The molecule has 0 unspecified atom stereocenters. The molecule has 0 saturated carbocycles. The highest BCUT2D eigenvalue weighted by Crippen LogP contribution is 2.32. The number of fused-ring (bicyclic) bond motifs is 1. The van der Waals surface area contributed by atoms with Gasteiger partial charge in [-0.25, -0.2) is 0 Å². The van der Waals surface area contributed by atoms with Gasteiger partial charge in [0.1, 0.15) is 13.2 Å². The van der Waals surface area contributed by atoms with E-state index in [2.05, 4.69) is 21.2 Å². The van der Waals surface area contributed by atoms with Crippen LogP contribution in [-0.4, -0.2) is 19.1 Å². The van der Waals surface area contributed by atoms with E-state index in [1.807, 2.05) is 36.4 Å². The van der Waals surface area contributed by atoms with Gasteiger partial charge in [-0.1, -0.05) is 28.1 Å². The summed E-state index contributed by atoms with van der Waals surface area (Å²) >= 11 is 3.37. The van der Waals surface area contributed by atoms with Gasteiger partial charge in [0.25, 0.3) is 0 Å². The minimum Gasteiger partial charge on any atom is -0.486 e. The molecule has 0 spiro atoms. The SMILES string of the molecule is O=C(Cc1ccc(Br)cc1)Nc1ccc2c(c1)OCCO2. The van der Waals surface area contributed by atoms with E-state index in [4.69, 9.17) is 9.47 Å². The van der Waals surface area contributed by atoms with Crippen LogP contribution < -0.4 is 14.8 Å². The van der Waals surface area contributed by atoms with Gasteiger partial charge in [0, 0.05) is 16.2 Å². The Morgan fingerprint density at radius 3 is 2.52 bits per heavy atom. The summed E-state index contributed by atoms with van der Waals surface area (Å²) in [6.45, 7) is 1.09. The van der Waals surface area contributed by atoms with Gasteiger partial charge in [0.05, 0.1) is 6.42 Å². The highest BCUT2D eigenvalue weighted by atomic mass is 79.9. The van der Waals surface area contributed by atoms with Crippen LogP contribution in [0.3, 0.4) is 0 Å². The van der Waals surface area contributed by atoms with Gasteiger partial charge in [-0.05, 0) is 29.8 Å². The molecule has 0 atom stereocenters. The molecule has 3 rings (SSSR count). The van der Waals surface area contributed by atoms with Crippen molar-refractivity contribution in [3.63, 3.8) is 0 Å². The second-order valence-corrected chi connectivity index (χ2v) is 5.63. The van der Waals surface area contributed by atoms with E-state index in [0.29, 0.717) is 36.8 Å². The highest BCUT2D eigenvalue weighted by molar-refractivity contribution is 9.10. The van der Waals surface area contributed by atoms with Crippen LogP contribution in [0.25, 0.3) is 0 Å². The Labute approximate surface area is 131 Å². The number of nitrogens with one attached hydrogen (secondary N) is 1. The molecule has 0 radical (unpaired) electrons. The van der Waals surface area contributed by atoms with Crippen LogP contribution in [0.4, 0.5) is 5.69 Å². The molecule has 0 fully saturated rings. The van der Waals surface area contributed by atoms with E-state index in [9.17, 15) is 4.79 Å². The first kappa shape index (κ1) is 13.9. The van der Waals surface area contributed by atoms with Gasteiger partial charge < -0.3 is 14.8 Å². The summed E-state index contributed by atoms with van der Waals surface area (Å²) < 4.78 is 11.9. The third kappa shape index (κ3) is 3.55. The maximum atomic E-state index is 12.0. The summed E-state index contributed by atoms with van der Waals surface area (Å²) in [6, 6.07) is 13.1. The molecular weight excluding hydrogens is 334 g/mol. The molecule has 0 bridgehead atoms. The molecule has 1 aliphatic heterocycles. The van der Waals surface area contributed by atoms with Crippen LogP contribution in [-0.2, 0) is 11.2 Å². The number of rotatable bonds is 3. The molecular formula is C16H14BrNO3. The van der Waals surface area contributed by atoms with Crippen molar-refractivity contribution in [1.82, 2.24) is 0 Å². The van der Waals surface area contributed by atoms with Gasteiger partial charge in [-0.2, -0.15) is 0 Å².